The lowest BCUT2D eigenvalue weighted by molar-refractivity contribution is 0.506. The van der Waals surface area contributed by atoms with Gasteiger partial charge in [0.25, 0.3) is 0 Å². The van der Waals surface area contributed by atoms with Crippen molar-refractivity contribution in [2.75, 3.05) is 11.6 Å². The van der Waals surface area contributed by atoms with Crippen LogP contribution in [0.4, 0.5) is 8.78 Å². The summed E-state index contributed by atoms with van der Waals surface area (Å²) in [6.07, 6.45) is 3.70. The molecule has 0 aliphatic carbocycles. The van der Waals surface area contributed by atoms with E-state index in [2.05, 4.69) is 0 Å². The lowest BCUT2D eigenvalue weighted by Crippen LogP contribution is -1.83. The van der Waals surface area contributed by atoms with E-state index in [1.165, 1.54) is 17.8 Å². The number of hydrogen-bond acceptors (Lipinski definition) is 1. The molecule has 1 rings (SSSR count). The van der Waals surface area contributed by atoms with Crippen LogP contribution in [0.5, 0.6) is 0 Å². The molecule has 0 N–H and O–H groups in total. The summed E-state index contributed by atoms with van der Waals surface area (Å²) in [5.74, 6) is -0.446. The summed E-state index contributed by atoms with van der Waals surface area (Å²) in [4.78, 5) is 0.711. The highest BCUT2D eigenvalue weighted by molar-refractivity contribution is 7.99. The van der Waals surface area contributed by atoms with Gasteiger partial charge >= 0.3 is 0 Å². The van der Waals surface area contributed by atoms with Crippen LogP contribution in [0.15, 0.2) is 35.2 Å². The fourth-order valence-corrected chi connectivity index (χ4v) is 1.74. The van der Waals surface area contributed by atoms with Crippen molar-refractivity contribution in [3.8, 4) is 0 Å². The molecule has 1 aromatic carbocycles. The van der Waals surface area contributed by atoms with Crippen molar-refractivity contribution < 1.29 is 8.78 Å². The number of rotatable bonds is 4. The predicted octanol–water partition coefficient (Wildman–Crippen LogP) is 3.85. The molecule has 1 aromatic rings. The van der Waals surface area contributed by atoms with E-state index in [1.807, 2.05) is 12.2 Å². The van der Waals surface area contributed by atoms with Crippen molar-refractivity contribution in [1.29, 1.82) is 0 Å². The van der Waals surface area contributed by atoms with Gasteiger partial charge in [0.05, 0.1) is 0 Å². The predicted molar refractivity (Wildman–Crippen MR) is 56.9 cm³/mol. The molecule has 0 atom stereocenters. The summed E-state index contributed by atoms with van der Waals surface area (Å²) in [6.45, 7) is 0. The van der Waals surface area contributed by atoms with Crippen molar-refractivity contribution >= 4 is 23.4 Å². The van der Waals surface area contributed by atoms with Gasteiger partial charge in [0.2, 0.25) is 0 Å². The van der Waals surface area contributed by atoms with E-state index < -0.39 is 11.6 Å². The van der Waals surface area contributed by atoms with Gasteiger partial charge < -0.3 is 0 Å². The minimum absolute atomic E-state index is 0.471. The van der Waals surface area contributed by atoms with Gasteiger partial charge in [0.15, 0.2) is 11.6 Å². The molecule has 0 aromatic heterocycles. The Bertz CT molecular complexity index is 326. The van der Waals surface area contributed by atoms with Gasteiger partial charge in [0.1, 0.15) is 0 Å². The van der Waals surface area contributed by atoms with Gasteiger partial charge in [-0.05, 0) is 18.2 Å². The first-order valence-corrected chi connectivity index (χ1v) is 5.55. The SMILES string of the molecule is Fc1ccc(SCC=CCCl)cc1F. The molecule has 76 valence electrons. The molecule has 0 amide bonds. The fraction of sp³-hybridized carbons (Fsp3) is 0.200. The monoisotopic (exact) mass is 234 g/mol. The second kappa shape index (κ2) is 6.04. The van der Waals surface area contributed by atoms with Crippen molar-refractivity contribution in [2.45, 2.75) is 4.90 Å². The Morgan fingerprint density at radius 1 is 1.21 bits per heavy atom. The maximum absolute atomic E-state index is 12.7. The summed E-state index contributed by atoms with van der Waals surface area (Å²) in [5.41, 5.74) is 0. The van der Waals surface area contributed by atoms with Crippen molar-refractivity contribution in [1.82, 2.24) is 0 Å². The highest BCUT2D eigenvalue weighted by atomic mass is 35.5. The second-order valence-electron chi connectivity index (χ2n) is 2.51. The number of hydrogen-bond donors (Lipinski definition) is 0. The van der Waals surface area contributed by atoms with Gasteiger partial charge in [-0.15, -0.1) is 23.4 Å². The number of allylic oxidation sites excluding steroid dienone is 1. The minimum Gasteiger partial charge on any atom is -0.204 e. The van der Waals surface area contributed by atoms with E-state index in [1.54, 1.807) is 6.07 Å². The number of benzene rings is 1. The smallest absolute Gasteiger partial charge is 0.159 e. The summed E-state index contributed by atoms with van der Waals surface area (Å²) < 4.78 is 25.3. The van der Waals surface area contributed by atoms with Crippen LogP contribution < -0.4 is 0 Å². The Kier molecular flexibility index (Phi) is 4.98. The molecule has 0 aliphatic rings. The third kappa shape index (κ3) is 3.68. The normalized spacial score (nSPS) is 11.1. The molecule has 4 heteroatoms. The Hall–Kier alpha value is -0.540. The van der Waals surface area contributed by atoms with E-state index in [0.29, 0.717) is 16.5 Å². The van der Waals surface area contributed by atoms with Crippen LogP contribution in [0.2, 0.25) is 0 Å². The van der Waals surface area contributed by atoms with E-state index >= 15 is 0 Å². The average Bonchev–Trinajstić information content (AvgIpc) is 2.18. The molecule has 0 saturated carbocycles. The van der Waals surface area contributed by atoms with Crippen LogP contribution in [0.1, 0.15) is 0 Å². The zero-order valence-corrected chi connectivity index (χ0v) is 8.92. The van der Waals surface area contributed by atoms with Crippen LogP contribution >= 0.6 is 23.4 Å². The topological polar surface area (TPSA) is 0 Å². The quantitative estimate of drug-likeness (QED) is 0.433. The van der Waals surface area contributed by atoms with Gasteiger partial charge in [0, 0.05) is 16.5 Å². The van der Waals surface area contributed by atoms with Gasteiger partial charge in [-0.2, -0.15) is 0 Å². The van der Waals surface area contributed by atoms with E-state index in [-0.39, 0.29) is 0 Å². The highest BCUT2D eigenvalue weighted by Gasteiger charge is 2.01. The zero-order chi connectivity index (χ0) is 10.4. The van der Waals surface area contributed by atoms with Gasteiger partial charge in [-0.3, -0.25) is 0 Å². The Balaban J connectivity index is 2.51. The molecule has 0 unspecified atom stereocenters. The molecule has 0 radical (unpaired) electrons. The maximum atomic E-state index is 12.7. The van der Waals surface area contributed by atoms with Crippen molar-refractivity contribution in [2.24, 2.45) is 0 Å². The third-order valence-corrected chi connectivity index (χ3v) is 2.62. The standard InChI is InChI=1S/C10H9ClF2S/c11-5-1-2-6-14-8-3-4-9(12)10(13)7-8/h1-4,7H,5-6H2. The molecule has 0 saturated heterocycles. The molecular formula is C10H9ClF2S. The Morgan fingerprint density at radius 2 is 2.00 bits per heavy atom. The van der Waals surface area contributed by atoms with E-state index in [9.17, 15) is 8.78 Å². The van der Waals surface area contributed by atoms with Crippen LogP contribution in [-0.4, -0.2) is 11.6 Å². The van der Waals surface area contributed by atoms with Crippen molar-refractivity contribution in [3.63, 3.8) is 0 Å². The van der Waals surface area contributed by atoms with Crippen LogP contribution in [0, 0.1) is 11.6 Å². The average molecular weight is 235 g/mol. The molecule has 0 nitrogen and oxygen atoms in total. The molecule has 0 bridgehead atoms. The second-order valence-corrected chi connectivity index (χ2v) is 3.91. The van der Waals surface area contributed by atoms with Crippen LogP contribution in [0.3, 0.4) is 0 Å². The first-order chi connectivity index (χ1) is 6.74. The van der Waals surface area contributed by atoms with Crippen LogP contribution in [-0.2, 0) is 0 Å². The Labute approximate surface area is 91.0 Å². The van der Waals surface area contributed by atoms with Crippen molar-refractivity contribution in [3.05, 3.63) is 42.0 Å². The highest BCUT2D eigenvalue weighted by Crippen LogP contribution is 2.20. The molecule has 0 fully saturated rings. The first kappa shape index (κ1) is 11.5. The van der Waals surface area contributed by atoms with Crippen LogP contribution in [0.25, 0.3) is 0 Å². The molecule has 14 heavy (non-hydrogen) atoms. The number of alkyl halides is 1. The van der Waals surface area contributed by atoms with Gasteiger partial charge in [-0.25, -0.2) is 8.78 Å². The minimum atomic E-state index is -0.814. The third-order valence-electron chi connectivity index (χ3n) is 1.49. The van der Waals surface area contributed by atoms with E-state index in [4.69, 9.17) is 11.6 Å². The number of thioether (sulfide) groups is 1. The molecular weight excluding hydrogens is 226 g/mol. The lowest BCUT2D eigenvalue weighted by Gasteiger charge is -1.98. The van der Waals surface area contributed by atoms with Gasteiger partial charge in [-0.1, -0.05) is 12.2 Å². The first-order valence-electron chi connectivity index (χ1n) is 4.03. The largest absolute Gasteiger partial charge is 0.204 e. The summed E-state index contributed by atoms with van der Waals surface area (Å²) in [6, 6.07) is 3.87. The summed E-state index contributed by atoms with van der Waals surface area (Å²) in [7, 11) is 0. The molecule has 0 heterocycles. The summed E-state index contributed by atoms with van der Waals surface area (Å²) >= 11 is 6.85. The molecule has 0 aliphatic heterocycles. The van der Waals surface area contributed by atoms with E-state index in [0.717, 1.165) is 6.07 Å². The number of halogens is 3. The zero-order valence-electron chi connectivity index (χ0n) is 7.34. The summed E-state index contributed by atoms with van der Waals surface area (Å²) in [5, 5.41) is 0. The lowest BCUT2D eigenvalue weighted by atomic mass is 10.3. The fourth-order valence-electron chi connectivity index (χ4n) is 0.842. The molecule has 0 spiro atoms. The maximum Gasteiger partial charge on any atom is 0.159 e. The Morgan fingerprint density at radius 3 is 2.64 bits per heavy atom.